The van der Waals surface area contributed by atoms with E-state index in [4.69, 9.17) is 0 Å². The number of phenolic OH excluding ortho intramolecular Hbond substituents is 1. The maximum absolute atomic E-state index is 10.2. The van der Waals surface area contributed by atoms with Crippen LogP contribution in [0.2, 0.25) is 0 Å². The number of benzene rings is 2. The van der Waals surface area contributed by atoms with Gasteiger partial charge in [0.2, 0.25) is 0 Å². The first-order valence-corrected chi connectivity index (χ1v) is 6.74. The van der Waals surface area contributed by atoms with Crippen LogP contribution in [-0.2, 0) is 0 Å². The summed E-state index contributed by atoms with van der Waals surface area (Å²) in [5.41, 5.74) is 11.4. The maximum Gasteiger partial charge on any atom is 0.127 e. The Kier molecular flexibility index (Phi) is 3.20. The van der Waals surface area contributed by atoms with Crippen molar-refractivity contribution in [2.24, 2.45) is 0 Å². The molecule has 3 rings (SSSR count). The van der Waals surface area contributed by atoms with Gasteiger partial charge in [-0.3, -0.25) is 0 Å². The van der Waals surface area contributed by atoms with Gasteiger partial charge in [0.25, 0.3) is 0 Å². The third kappa shape index (κ3) is 2.28. The predicted molar refractivity (Wildman–Crippen MR) is 81.0 cm³/mol. The molecule has 0 fully saturated rings. The van der Waals surface area contributed by atoms with Crippen LogP contribution in [0.25, 0.3) is 5.70 Å². The number of hydrazine groups is 1. The van der Waals surface area contributed by atoms with Crippen LogP contribution in [0.5, 0.6) is 5.75 Å². The number of nitrogens with one attached hydrogen (secondary N) is 2. The zero-order valence-corrected chi connectivity index (χ0v) is 11.6. The highest BCUT2D eigenvalue weighted by atomic mass is 16.3. The van der Waals surface area contributed by atoms with Gasteiger partial charge < -0.3 is 10.5 Å². The lowest BCUT2D eigenvalue weighted by Gasteiger charge is -2.11. The fourth-order valence-corrected chi connectivity index (χ4v) is 2.57. The van der Waals surface area contributed by atoms with Gasteiger partial charge in [0.15, 0.2) is 0 Å². The molecule has 0 aromatic heterocycles. The van der Waals surface area contributed by atoms with Gasteiger partial charge in [-0.25, -0.2) is 5.43 Å². The molecule has 2 aromatic rings. The fraction of sp³-hybridized carbons (Fsp3) is 0.176. The summed E-state index contributed by atoms with van der Waals surface area (Å²) >= 11 is 0. The molecular weight excluding hydrogens is 248 g/mol. The molecule has 1 atom stereocenters. The van der Waals surface area contributed by atoms with Gasteiger partial charge in [-0.15, -0.1) is 0 Å². The van der Waals surface area contributed by atoms with E-state index in [-0.39, 0.29) is 6.04 Å². The highest BCUT2D eigenvalue weighted by molar-refractivity contribution is 5.72. The van der Waals surface area contributed by atoms with Crippen LogP contribution in [0.3, 0.4) is 0 Å². The van der Waals surface area contributed by atoms with E-state index in [1.165, 1.54) is 5.56 Å². The largest absolute Gasteiger partial charge is 0.507 e. The van der Waals surface area contributed by atoms with Gasteiger partial charge in [-0.05, 0) is 42.7 Å². The molecule has 0 saturated heterocycles. The summed E-state index contributed by atoms with van der Waals surface area (Å²) in [6.07, 6.45) is 2.10. The van der Waals surface area contributed by atoms with E-state index in [0.29, 0.717) is 5.75 Å². The summed E-state index contributed by atoms with van der Waals surface area (Å²) < 4.78 is 0. The Morgan fingerprint density at radius 3 is 2.55 bits per heavy atom. The minimum atomic E-state index is 0.117. The molecule has 0 aliphatic carbocycles. The Morgan fingerprint density at radius 1 is 1.05 bits per heavy atom. The number of rotatable bonds is 2. The smallest absolute Gasteiger partial charge is 0.127 e. The van der Waals surface area contributed by atoms with Crippen LogP contribution in [0.1, 0.15) is 28.3 Å². The first kappa shape index (κ1) is 12.8. The van der Waals surface area contributed by atoms with Crippen molar-refractivity contribution in [3.63, 3.8) is 0 Å². The standard InChI is InChI=1S/C17H18N2O/c1-11-8-12(2)17(20)14(9-11)16-10-15(18-19-16)13-6-4-3-5-7-13/h3-10,15,18-20H,1-2H3/t15-/m1/s1. The van der Waals surface area contributed by atoms with Gasteiger partial charge in [0, 0.05) is 5.56 Å². The first-order chi connectivity index (χ1) is 9.65. The predicted octanol–water partition coefficient (Wildman–Crippen LogP) is 3.20. The molecule has 0 bridgehead atoms. The normalized spacial score (nSPS) is 17.7. The lowest BCUT2D eigenvalue weighted by atomic mass is 10.0. The van der Waals surface area contributed by atoms with E-state index >= 15 is 0 Å². The molecule has 1 heterocycles. The second kappa shape index (κ2) is 5.02. The van der Waals surface area contributed by atoms with E-state index in [1.54, 1.807) is 0 Å². The van der Waals surface area contributed by atoms with E-state index in [1.807, 2.05) is 44.2 Å². The van der Waals surface area contributed by atoms with Gasteiger partial charge in [-0.1, -0.05) is 36.4 Å². The second-order valence-electron chi connectivity index (χ2n) is 5.22. The minimum Gasteiger partial charge on any atom is -0.507 e. The lowest BCUT2D eigenvalue weighted by Crippen LogP contribution is -2.26. The fourth-order valence-electron chi connectivity index (χ4n) is 2.57. The monoisotopic (exact) mass is 266 g/mol. The van der Waals surface area contributed by atoms with Gasteiger partial charge in [0.1, 0.15) is 5.75 Å². The zero-order valence-electron chi connectivity index (χ0n) is 11.6. The topological polar surface area (TPSA) is 44.3 Å². The molecule has 0 unspecified atom stereocenters. The Labute approximate surface area is 118 Å². The van der Waals surface area contributed by atoms with Crippen molar-refractivity contribution in [1.82, 2.24) is 10.9 Å². The van der Waals surface area contributed by atoms with Crippen molar-refractivity contribution in [1.29, 1.82) is 0 Å². The van der Waals surface area contributed by atoms with E-state index in [9.17, 15) is 5.11 Å². The van der Waals surface area contributed by atoms with Gasteiger partial charge >= 0.3 is 0 Å². The highest BCUT2D eigenvalue weighted by Gasteiger charge is 2.19. The average Bonchev–Trinajstić information content (AvgIpc) is 2.93. The van der Waals surface area contributed by atoms with Crippen molar-refractivity contribution >= 4 is 5.70 Å². The van der Waals surface area contributed by atoms with Crippen molar-refractivity contribution in [3.05, 3.63) is 70.8 Å². The molecule has 0 saturated carbocycles. The highest BCUT2D eigenvalue weighted by Crippen LogP contribution is 2.32. The Morgan fingerprint density at radius 2 is 1.80 bits per heavy atom. The number of hydrogen-bond acceptors (Lipinski definition) is 3. The second-order valence-corrected chi connectivity index (χ2v) is 5.22. The molecule has 1 aliphatic rings. The van der Waals surface area contributed by atoms with Crippen LogP contribution in [-0.4, -0.2) is 5.11 Å². The minimum absolute atomic E-state index is 0.117. The van der Waals surface area contributed by atoms with E-state index < -0.39 is 0 Å². The quantitative estimate of drug-likeness (QED) is 0.782. The van der Waals surface area contributed by atoms with Crippen LogP contribution in [0.15, 0.2) is 48.5 Å². The van der Waals surface area contributed by atoms with Gasteiger partial charge in [0.05, 0.1) is 11.7 Å². The van der Waals surface area contributed by atoms with Crippen LogP contribution < -0.4 is 10.9 Å². The number of aryl methyl sites for hydroxylation is 2. The Bertz CT molecular complexity index is 662. The zero-order chi connectivity index (χ0) is 14.1. The molecule has 3 nitrogen and oxygen atoms in total. The summed E-state index contributed by atoms with van der Waals surface area (Å²) in [4.78, 5) is 0. The van der Waals surface area contributed by atoms with Crippen molar-refractivity contribution in [3.8, 4) is 5.75 Å². The summed E-state index contributed by atoms with van der Waals surface area (Å²) in [5.74, 6) is 0.338. The number of aromatic hydroxyl groups is 1. The molecule has 3 heteroatoms. The molecule has 1 aliphatic heterocycles. The van der Waals surface area contributed by atoms with Crippen LogP contribution in [0.4, 0.5) is 0 Å². The molecule has 20 heavy (non-hydrogen) atoms. The molecular formula is C17H18N2O. The first-order valence-electron chi connectivity index (χ1n) is 6.74. The van der Waals surface area contributed by atoms with Crippen molar-refractivity contribution in [2.75, 3.05) is 0 Å². The van der Waals surface area contributed by atoms with Gasteiger partial charge in [-0.2, -0.15) is 0 Å². The molecule has 2 aromatic carbocycles. The molecule has 0 radical (unpaired) electrons. The molecule has 0 amide bonds. The summed E-state index contributed by atoms with van der Waals surface area (Å²) in [5, 5.41) is 10.2. The van der Waals surface area contributed by atoms with Crippen LogP contribution >= 0.6 is 0 Å². The van der Waals surface area contributed by atoms with Crippen LogP contribution in [0, 0.1) is 13.8 Å². The third-order valence-electron chi connectivity index (χ3n) is 3.59. The van der Waals surface area contributed by atoms with Crippen molar-refractivity contribution in [2.45, 2.75) is 19.9 Å². The van der Waals surface area contributed by atoms with E-state index in [2.05, 4.69) is 29.1 Å². The third-order valence-corrected chi connectivity index (χ3v) is 3.59. The number of phenols is 1. The summed E-state index contributed by atoms with van der Waals surface area (Å²) in [6, 6.07) is 14.3. The average molecular weight is 266 g/mol. The molecule has 102 valence electrons. The van der Waals surface area contributed by atoms with E-state index in [0.717, 1.165) is 22.4 Å². The summed E-state index contributed by atoms with van der Waals surface area (Å²) in [6.45, 7) is 3.96. The Hall–Kier alpha value is -2.26. The molecule has 0 spiro atoms. The summed E-state index contributed by atoms with van der Waals surface area (Å²) in [7, 11) is 0. The van der Waals surface area contributed by atoms with Crippen molar-refractivity contribution < 1.29 is 5.11 Å². The lowest BCUT2D eigenvalue weighted by molar-refractivity contribution is 0.468. The molecule has 3 N–H and O–H groups in total. The maximum atomic E-state index is 10.2. The SMILES string of the molecule is Cc1cc(C)c(O)c(C2=C[C@H](c3ccccc3)NN2)c1. The number of hydrogen-bond donors (Lipinski definition) is 3. The Balaban J connectivity index is 1.97.